The Morgan fingerprint density at radius 1 is 1.06 bits per heavy atom. The zero-order valence-electron chi connectivity index (χ0n) is 17.3. The molecule has 2 aromatic heterocycles. The van der Waals surface area contributed by atoms with Crippen molar-refractivity contribution in [1.82, 2.24) is 9.88 Å². The summed E-state index contributed by atoms with van der Waals surface area (Å²) in [6.07, 6.45) is 5.94. The van der Waals surface area contributed by atoms with Gasteiger partial charge in [0.2, 0.25) is 5.91 Å². The Labute approximate surface area is 186 Å². The maximum absolute atomic E-state index is 13.6. The van der Waals surface area contributed by atoms with Gasteiger partial charge in [0.05, 0.1) is 13.1 Å². The van der Waals surface area contributed by atoms with E-state index >= 15 is 0 Å². The van der Waals surface area contributed by atoms with Gasteiger partial charge in [-0.1, -0.05) is 12.1 Å². The number of pyridine rings is 1. The smallest absolute Gasteiger partial charge is 0.241 e. The molecular formula is C24H25N3O3S. The van der Waals surface area contributed by atoms with Crippen LogP contribution in [0.15, 0.2) is 60.2 Å². The minimum Gasteiger partial charge on any atom is -0.486 e. The second kappa shape index (κ2) is 9.08. The topological polar surface area (TPSA) is 54.9 Å². The molecule has 31 heavy (non-hydrogen) atoms. The summed E-state index contributed by atoms with van der Waals surface area (Å²) in [5.74, 6) is 1.51. The number of hydrogen-bond donors (Lipinski definition) is 0. The van der Waals surface area contributed by atoms with Crippen molar-refractivity contribution < 1.29 is 14.3 Å². The largest absolute Gasteiger partial charge is 0.486 e. The molecule has 1 saturated carbocycles. The summed E-state index contributed by atoms with van der Waals surface area (Å²) in [5.41, 5.74) is 1.96. The van der Waals surface area contributed by atoms with Gasteiger partial charge in [-0.25, -0.2) is 0 Å². The van der Waals surface area contributed by atoms with Crippen LogP contribution in [0.5, 0.6) is 11.5 Å². The van der Waals surface area contributed by atoms with E-state index in [1.165, 1.54) is 0 Å². The lowest BCUT2D eigenvalue weighted by Crippen LogP contribution is -2.40. The van der Waals surface area contributed by atoms with Crippen LogP contribution in [0.25, 0.3) is 0 Å². The predicted octanol–water partition coefficient (Wildman–Crippen LogP) is 4.11. The normalized spacial score (nSPS) is 15.1. The third-order valence-corrected chi connectivity index (χ3v) is 6.40. The van der Waals surface area contributed by atoms with Crippen molar-refractivity contribution in [1.29, 1.82) is 0 Å². The molecule has 1 aromatic carbocycles. The number of benzene rings is 1. The summed E-state index contributed by atoms with van der Waals surface area (Å²) < 4.78 is 11.4. The van der Waals surface area contributed by atoms with E-state index < -0.39 is 0 Å². The van der Waals surface area contributed by atoms with Gasteiger partial charge in [0.15, 0.2) is 11.5 Å². The van der Waals surface area contributed by atoms with E-state index in [-0.39, 0.29) is 5.91 Å². The summed E-state index contributed by atoms with van der Waals surface area (Å²) in [6, 6.07) is 14.3. The first-order valence-corrected chi connectivity index (χ1v) is 11.5. The lowest BCUT2D eigenvalue weighted by atomic mass is 10.2. The SMILES string of the molecule is O=C(CN(Cc1cccnc1)C1CC1)N(Cc1cccs1)c1ccc2c(c1)OCCO2. The molecule has 0 spiro atoms. The number of ether oxygens (including phenoxy) is 2. The third-order valence-electron chi connectivity index (χ3n) is 5.54. The average molecular weight is 436 g/mol. The fourth-order valence-electron chi connectivity index (χ4n) is 3.82. The highest BCUT2D eigenvalue weighted by molar-refractivity contribution is 7.09. The lowest BCUT2D eigenvalue weighted by molar-refractivity contribution is -0.120. The lowest BCUT2D eigenvalue weighted by Gasteiger charge is -2.28. The molecule has 6 nitrogen and oxygen atoms in total. The van der Waals surface area contributed by atoms with E-state index in [4.69, 9.17) is 9.47 Å². The van der Waals surface area contributed by atoms with E-state index in [9.17, 15) is 4.79 Å². The predicted molar refractivity (Wildman–Crippen MR) is 121 cm³/mol. The molecule has 3 aromatic rings. The molecule has 5 rings (SSSR count). The second-order valence-electron chi connectivity index (χ2n) is 7.88. The first-order valence-electron chi connectivity index (χ1n) is 10.6. The monoisotopic (exact) mass is 435 g/mol. The van der Waals surface area contributed by atoms with Crippen LogP contribution in [-0.4, -0.2) is 41.6 Å². The summed E-state index contributed by atoms with van der Waals surface area (Å²) in [5, 5.41) is 2.04. The third kappa shape index (κ3) is 4.89. The standard InChI is InChI=1S/C24H25N3O3S/c28-24(17-26(19-5-6-19)15-18-3-1-9-25-14-18)27(16-21-4-2-12-31-21)20-7-8-22-23(13-20)30-11-10-29-22/h1-4,7-9,12-14,19H,5-6,10-11,15-17H2. The van der Waals surface area contributed by atoms with Gasteiger partial charge in [-0.3, -0.25) is 14.7 Å². The van der Waals surface area contributed by atoms with Crippen LogP contribution in [0.2, 0.25) is 0 Å². The summed E-state index contributed by atoms with van der Waals surface area (Å²) >= 11 is 1.66. The molecule has 2 aliphatic rings. The second-order valence-corrected chi connectivity index (χ2v) is 8.92. The number of carbonyl (C=O) groups is 1. The Morgan fingerprint density at radius 3 is 2.68 bits per heavy atom. The fourth-order valence-corrected chi connectivity index (χ4v) is 4.51. The Bertz CT molecular complexity index is 1020. The molecule has 1 aliphatic heterocycles. The van der Waals surface area contributed by atoms with Crippen molar-refractivity contribution in [3.8, 4) is 11.5 Å². The number of anilines is 1. The van der Waals surface area contributed by atoms with Crippen molar-refractivity contribution in [3.63, 3.8) is 0 Å². The van der Waals surface area contributed by atoms with Gasteiger partial charge >= 0.3 is 0 Å². The van der Waals surface area contributed by atoms with Crippen LogP contribution < -0.4 is 14.4 Å². The Hall–Kier alpha value is -2.90. The fraction of sp³-hybridized carbons (Fsp3) is 0.333. The zero-order valence-corrected chi connectivity index (χ0v) is 18.1. The molecule has 1 amide bonds. The van der Waals surface area contributed by atoms with Crippen LogP contribution >= 0.6 is 11.3 Å². The summed E-state index contributed by atoms with van der Waals surface area (Å²) in [7, 11) is 0. The van der Waals surface area contributed by atoms with Gasteiger partial charge < -0.3 is 14.4 Å². The van der Waals surface area contributed by atoms with E-state index in [1.54, 1.807) is 17.5 Å². The minimum absolute atomic E-state index is 0.0841. The van der Waals surface area contributed by atoms with E-state index in [2.05, 4.69) is 22.0 Å². The van der Waals surface area contributed by atoms with Crippen LogP contribution in [0.4, 0.5) is 5.69 Å². The van der Waals surface area contributed by atoms with Crippen molar-refractivity contribution in [2.45, 2.75) is 32.0 Å². The highest BCUT2D eigenvalue weighted by Crippen LogP contribution is 2.35. The number of amides is 1. The van der Waals surface area contributed by atoms with Crippen LogP contribution in [0, 0.1) is 0 Å². The molecule has 0 saturated heterocycles. The maximum atomic E-state index is 13.6. The quantitative estimate of drug-likeness (QED) is 0.533. The van der Waals surface area contributed by atoms with Crippen molar-refractivity contribution >= 4 is 22.9 Å². The maximum Gasteiger partial charge on any atom is 0.241 e. The van der Waals surface area contributed by atoms with Crippen molar-refractivity contribution in [3.05, 3.63) is 70.7 Å². The van der Waals surface area contributed by atoms with Crippen molar-refractivity contribution in [2.75, 3.05) is 24.7 Å². The Morgan fingerprint density at radius 2 is 1.94 bits per heavy atom. The van der Waals surface area contributed by atoms with Gasteiger partial charge in [-0.2, -0.15) is 0 Å². The molecule has 7 heteroatoms. The first kappa shape index (κ1) is 20.0. The molecule has 1 fully saturated rings. The molecule has 160 valence electrons. The van der Waals surface area contributed by atoms with Gasteiger partial charge in [-0.15, -0.1) is 11.3 Å². The number of fused-ring (bicyclic) bond motifs is 1. The van der Waals surface area contributed by atoms with E-state index in [0.717, 1.165) is 41.3 Å². The highest BCUT2D eigenvalue weighted by Gasteiger charge is 2.32. The molecule has 0 unspecified atom stereocenters. The molecule has 1 aliphatic carbocycles. The van der Waals surface area contributed by atoms with E-state index in [0.29, 0.717) is 38.1 Å². The highest BCUT2D eigenvalue weighted by atomic mass is 32.1. The Kier molecular flexibility index (Phi) is 5.86. The number of rotatable bonds is 8. The minimum atomic E-state index is 0.0841. The number of thiophene rings is 1. The summed E-state index contributed by atoms with van der Waals surface area (Å²) in [4.78, 5) is 23.1. The van der Waals surface area contributed by atoms with E-state index in [1.807, 2.05) is 46.8 Å². The zero-order chi connectivity index (χ0) is 21.0. The molecular weight excluding hydrogens is 410 g/mol. The molecule has 3 heterocycles. The van der Waals surface area contributed by atoms with Gasteiger partial charge in [-0.05, 0) is 48.1 Å². The molecule has 0 radical (unpaired) electrons. The average Bonchev–Trinajstić information content (AvgIpc) is 3.53. The number of nitrogens with zero attached hydrogens (tertiary/aromatic N) is 3. The number of carbonyl (C=O) groups excluding carboxylic acids is 1. The van der Waals surface area contributed by atoms with Crippen molar-refractivity contribution in [2.24, 2.45) is 0 Å². The van der Waals surface area contributed by atoms with Crippen LogP contribution in [0.3, 0.4) is 0 Å². The van der Waals surface area contributed by atoms with Crippen LogP contribution in [0.1, 0.15) is 23.3 Å². The number of aromatic nitrogens is 1. The molecule has 0 N–H and O–H groups in total. The number of hydrogen-bond acceptors (Lipinski definition) is 6. The van der Waals surface area contributed by atoms with Gasteiger partial charge in [0.25, 0.3) is 0 Å². The van der Waals surface area contributed by atoms with Gasteiger partial charge in [0.1, 0.15) is 13.2 Å². The van der Waals surface area contributed by atoms with Gasteiger partial charge in [0, 0.05) is 41.6 Å². The molecule has 0 bridgehead atoms. The van der Waals surface area contributed by atoms with Crippen LogP contribution in [-0.2, 0) is 17.9 Å². The Balaban J connectivity index is 1.38. The first-order chi connectivity index (χ1) is 15.3. The molecule has 0 atom stereocenters. The summed E-state index contributed by atoms with van der Waals surface area (Å²) in [6.45, 7) is 2.73.